The third-order valence-corrected chi connectivity index (χ3v) is 5.28. The first-order valence-corrected chi connectivity index (χ1v) is 9.33. The number of benzene rings is 1. The summed E-state index contributed by atoms with van der Waals surface area (Å²) < 4.78 is 8.85. The molecule has 0 N–H and O–H groups in total. The molecule has 1 atom stereocenters. The van der Waals surface area contributed by atoms with Crippen LogP contribution in [0.4, 0.5) is 0 Å². The van der Waals surface area contributed by atoms with Gasteiger partial charge in [0.1, 0.15) is 0 Å². The van der Waals surface area contributed by atoms with E-state index in [0.717, 1.165) is 35.4 Å². The van der Waals surface area contributed by atoms with E-state index >= 15 is 0 Å². The van der Waals surface area contributed by atoms with E-state index in [0.29, 0.717) is 18.7 Å². The highest BCUT2D eigenvalue weighted by Crippen LogP contribution is 2.24. The molecular formula is C20H24N4O3. The molecule has 1 aromatic carbocycles. The number of aryl methyl sites for hydroxylation is 4. The van der Waals surface area contributed by atoms with Gasteiger partial charge < -0.3 is 9.32 Å². The Bertz CT molecular complexity index is 1060. The van der Waals surface area contributed by atoms with Crippen LogP contribution in [0.2, 0.25) is 0 Å². The minimum Gasteiger partial charge on any atom is -0.408 e. The molecule has 7 nitrogen and oxygen atoms in total. The summed E-state index contributed by atoms with van der Waals surface area (Å²) in [6, 6.07) is 7.90. The Kier molecular flexibility index (Phi) is 4.37. The van der Waals surface area contributed by atoms with Crippen LogP contribution in [0.3, 0.4) is 0 Å². The molecule has 1 fully saturated rings. The molecule has 27 heavy (non-hydrogen) atoms. The van der Waals surface area contributed by atoms with Gasteiger partial charge in [0, 0.05) is 31.7 Å². The van der Waals surface area contributed by atoms with Crippen molar-refractivity contribution in [3.63, 3.8) is 0 Å². The molecule has 2 aromatic heterocycles. The van der Waals surface area contributed by atoms with Crippen LogP contribution in [-0.4, -0.2) is 38.2 Å². The van der Waals surface area contributed by atoms with Crippen LogP contribution in [0.1, 0.15) is 35.8 Å². The van der Waals surface area contributed by atoms with E-state index in [1.807, 2.05) is 42.5 Å². The molecule has 4 rings (SSSR count). The molecule has 0 radical (unpaired) electrons. The van der Waals surface area contributed by atoms with Gasteiger partial charge in [-0.1, -0.05) is 6.07 Å². The minimum atomic E-state index is -0.412. The normalized spacial score (nSPS) is 17.1. The fraction of sp³-hybridized carbons (Fsp3) is 0.450. The number of carbonyl (C=O) groups excluding carboxylic acids is 1. The fourth-order valence-electron chi connectivity index (χ4n) is 3.93. The highest BCUT2D eigenvalue weighted by molar-refractivity contribution is 5.77. The summed E-state index contributed by atoms with van der Waals surface area (Å²) >= 11 is 0. The number of rotatable bonds is 4. The van der Waals surface area contributed by atoms with Crippen molar-refractivity contribution in [3.8, 4) is 0 Å². The number of oxazole rings is 1. The van der Waals surface area contributed by atoms with E-state index < -0.39 is 5.76 Å². The highest BCUT2D eigenvalue weighted by atomic mass is 16.4. The van der Waals surface area contributed by atoms with Crippen molar-refractivity contribution in [2.75, 3.05) is 13.1 Å². The molecule has 0 aliphatic carbocycles. The highest BCUT2D eigenvalue weighted by Gasteiger charge is 2.28. The lowest BCUT2D eigenvalue weighted by molar-refractivity contribution is -0.130. The van der Waals surface area contributed by atoms with Gasteiger partial charge in [0.2, 0.25) is 5.91 Å². The zero-order valence-corrected chi connectivity index (χ0v) is 15.9. The summed E-state index contributed by atoms with van der Waals surface area (Å²) in [6.45, 7) is 7.72. The summed E-state index contributed by atoms with van der Waals surface area (Å²) in [4.78, 5) is 26.7. The lowest BCUT2D eigenvalue weighted by atomic mass is 10.2. The zero-order chi connectivity index (χ0) is 19.1. The number of fused-ring (bicyclic) bond motifs is 1. The van der Waals surface area contributed by atoms with Crippen molar-refractivity contribution < 1.29 is 9.21 Å². The van der Waals surface area contributed by atoms with Crippen molar-refractivity contribution in [2.45, 2.75) is 46.2 Å². The molecule has 0 spiro atoms. The molecule has 3 heterocycles. The van der Waals surface area contributed by atoms with Gasteiger partial charge >= 0.3 is 5.76 Å². The quantitative estimate of drug-likeness (QED) is 0.709. The summed E-state index contributed by atoms with van der Waals surface area (Å²) in [5.74, 6) is -0.349. The number of hydrogen-bond donors (Lipinski definition) is 0. The van der Waals surface area contributed by atoms with Crippen molar-refractivity contribution in [2.24, 2.45) is 0 Å². The van der Waals surface area contributed by atoms with E-state index in [9.17, 15) is 9.59 Å². The lowest BCUT2D eigenvalue weighted by Crippen LogP contribution is -2.31. The second-order valence-electron chi connectivity index (χ2n) is 7.39. The third-order valence-electron chi connectivity index (χ3n) is 5.28. The number of amides is 1. The largest absolute Gasteiger partial charge is 0.419 e. The number of hydrogen-bond acceptors (Lipinski definition) is 4. The maximum absolute atomic E-state index is 12.7. The second kappa shape index (κ2) is 6.72. The Morgan fingerprint density at radius 1 is 1.26 bits per heavy atom. The van der Waals surface area contributed by atoms with Gasteiger partial charge in [0.25, 0.3) is 0 Å². The summed E-state index contributed by atoms with van der Waals surface area (Å²) in [6.07, 6.45) is 1.19. The lowest BCUT2D eigenvalue weighted by Gasteiger charge is -2.17. The molecule has 142 valence electrons. The monoisotopic (exact) mass is 368 g/mol. The average Bonchev–Trinajstić information content (AvgIpc) is 3.30. The van der Waals surface area contributed by atoms with Crippen LogP contribution in [0, 0.1) is 20.8 Å². The van der Waals surface area contributed by atoms with Crippen molar-refractivity contribution in [1.29, 1.82) is 0 Å². The molecule has 1 saturated heterocycles. The smallest absolute Gasteiger partial charge is 0.408 e. The molecule has 1 aliphatic rings. The van der Waals surface area contributed by atoms with Gasteiger partial charge in [-0.25, -0.2) is 4.79 Å². The summed E-state index contributed by atoms with van der Waals surface area (Å²) in [7, 11) is 0. The predicted octanol–water partition coefficient (Wildman–Crippen LogP) is 2.58. The Labute approximate surface area is 157 Å². The Morgan fingerprint density at radius 2 is 2.07 bits per heavy atom. The molecule has 0 saturated carbocycles. The Morgan fingerprint density at radius 3 is 2.81 bits per heavy atom. The molecule has 0 bridgehead atoms. The van der Waals surface area contributed by atoms with Gasteiger partial charge in [0.05, 0.1) is 17.3 Å². The van der Waals surface area contributed by atoms with Crippen LogP contribution >= 0.6 is 0 Å². The van der Waals surface area contributed by atoms with E-state index in [-0.39, 0.29) is 18.4 Å². The van der Waals surface area contributed by atoms with Crippen LogP contribution in [0.25, 0.3) is 11.1 Å². The van der Waals surface area contributed by atoms with Crippen molar-refractivity contribution >= 4 is 17.0 Å². The van der Waals surface area contributed by atoms with Crippen LogP contribution in [0.5, 0.6) is 0 Å². The zero-order valence-electron chi connectivity index (χ0n) is 15.9. The van der Waals surface area contributed by atoms with E-state index in [2.05, 4.69) is 11.2 Å². The molecule has 7 heteroatoms. The summed E-state index contributed by atoms with van der Waals surface area (Å²) in [5.41, 5.74) is 4.48. The van der Waals surface area contributed by atoms with Gasteiger partial charge in [0.15, 0.2) is 5.58 Å². The van der Waals surface area contributed by atoms with Gasteiger partial charge in [-0.05, 0) is 51.0 Å². The Balaban J connectivity index is 1.43. The first kappa shape index (κ1) is 17.6. The Hall–Kier alpha value is -2.83. The van der Waals surface area contributed by atoms with Gasteiger partial charge in [-0.15, -0.1) is 0 Å². The van der Waals surface area contributed by atoms with Gasteiger partial charge in [-0.3, -0.25) is 14.0 Å². The third kappa shape index (κ3) is 3.29. The maximum atomic E-state index is 12.7. The standard InChI is InChI=1S/C20H24N4O3/c1-13-4-5-18-17(10-13)23(20(26)27-18)9-7-19(25)22-8-6-16(12-22)24-15(3)11-14(2)21-24/h4-5,10-11,16H,6-9,12H2,1-3H3. The maximum Gasteiger partial charge on any atom is 0.419 e. The number of carbonyl (C=O) groups is 1. The SMILES string of the molecule is Cc1ccc2oc(=O)n(CCC(=O)N3CCC(n4nc(C)cc4C)C3)c2c1. The van der Waals surface area contributed by atoms with Gasteiger partial charge in [-0.2, -0.15) is 5.10 Å². The van der Waals surface area contributed by atoms with E-state index in [1.165, 1.54) is 0 Å². The first-order chi connectivity index (χ1) is 12.9. The molecule has 1 amide bonds. The number of nitrogens with zero attached hydrogens (tertiary/aromatic N) is 4. The van der Waals surface area contributed by atoms with Crippen LogP contribution in [0.15, 0.2) is 33.5 Å². The first-order valence-electron chi connectivity index (χ1n) is 9.33. The van der Waals surface area contributed by atoms with Crippen molar-refractivity contribution in [3.05, 3.63) is 51.8 Å². The van der Waals surface area contributed by atoms with E-state index in [1.54, 1.807) is 10.6 Å². The predicted molar refractivity (Wildman–Crippen MR) is 102 cm³/mol. The molecule has 1 aliphatic heterocycles. The molecular weight excluding hydrogens is 344 g/mol. The average molecular weight is 368 g/mol. The summed E-state index contributed by atoms with van der Waals surface area (Å²) in [5, 5.41) is 4.55. The fourth-order valence-corrected chi connectivity index (χ4v) is 3.93. The van der Waals surface area contributed by atoms with Crippen LogP contribution in [-0.2, 0) is 11.3 Å². The van der Waals surface area contributed by atoms with E-state index in [4.69, 9.17) is 4.42 Å². The molecule has 1 unspecified atom stereocenters. The second-order valence-corrected chi connectivity index (χ2v) is 7.39. The number of aromatic nitrogens is 3. The van der Waals surface area contributed by atoms with Crippen LogP contribution < -0.4 is 5.76 Å². The number of likely N-dealkylation sites (tertiary alicyclic amines) is 1. The molecule has 3 aromatic rings. The minimum absolute atomic E-state index is 0.0629. The topological polar surface area (TPSA) is 73.3 Å². The van der Waals surface area contributed by atoms with Crippen molar-refractivity contribution in [1.82, 2.24) is 19.2 Å².